The molecule has 2 aliphatic rings. The fourth-order valence-corrected chi connectivity index (χ4v) is 5.29. The summed E-state index contributed by atoms with van der Waals surface area (Å²) in [6.45, 7) is 0.602. The van der Waals surface area contributed by atoms with Crippen LogP contribution >= 0.6 is 23.4 Å². The number of nitrogens with one attached hydrogen (secondary N) is 1. The molecule has 23 heavy (non-hydrogen) atoms. The van der Waals surface area contributed by atoms with Crippen LogP contribution in [0.2, 0.25) is 5.02 Å². The van der Waals surface area contributed by atoms with Crippen molar-refractivity contribution in [3.05, 3.63) is 34.9 Å². The van der Waals surface area contributed by atoms with Gasteiger partial charge < -0.3 is 10.1 Å². The van der Waals surface area contributed by atoms with Crippen molar-refractivity contribution in [2.45, 2.75) is 43.1 Å². The average molecular weight is 354 g/mol. The van der Waals surface area contributed by atoms with E-state index in [0.29, 0.717) is 11.6 Å². The van der Waals surface area contributed by atoms with E-state index in [1.54, 1.807) is 7.11 Å². The van der Waals surface area contributed by atoms with E-state index in [2.05, 4.69) is 5.32 Å². The minimum Gasteiger partial charge on any atom is -0.376 e. The van der Waals surface area contributed by atoms with Crippen molar-refractivity contribution >= 4 is 29.3 Å². The number of halogens is 1. The molecule has 1 N–H and O–H groups in total. The van der Waals surface area contributed by atoms with Crippen LogP contribution in [-0.2, 0) is 14.9 Å². The first-order chi connectivity index (χ1) is 11.1. The Morgan fingerprint density at radius 3 is 2.52 bits per heavy atom. The zero-order chi connectivity index (χ0) is 16.3. The van der Waals surface area contributed by atoms with Gasteiger partial charge in [0.2, 0.25) is 5.91 Å². The maximum Gasteiger partial charge on any atom is 0.230 e. The Balaban J connectivity index is 1.75. The molecule has 1 aliphatic carbocycles. The lowest BCUT2D eigenvalue weighted by Crippen LogP contribution is -2.50. The lowest BCUT2D eigenvalue weighted by Gasteiger charge is -2.32. The monoisotopic (exact) mass is 353 g/mol. The topological polar surface area (TPSA) is 38.3 Å². The van der Waals surface area contributed by atoms with Gasteiger partial charge in [-0.25, -0.2) is 0 Å². The van der Waals surface area contributed by atoms with E-state index in [-0.39, 0.29) is 11.5 Å². The largest absolute Gasteiger partial charge is 0.376 e. The Hall–Kier alpha value is -0.710. The fourth-order valence-electron chi connectivity index (χ4n) is 3.77. The number of carbonyl (C=O) groups is 1. The van der Waals surface area contributed by atoms with Gasteiger partial charge in [-0.15, -0.1) is 0 Å². The van der Waals surface area contributed by atoms with Gasteiger partial charge in [-0.2, -0.15) is 11.8 Å². The molecule has 0 aromatic heterocycles. The number of carbonyl (C=O) groups excluding carboxylic acids is 1. The van der Waals surface area contributed by atoms with E-state index in [9.17, 15) is 4.79 Å². The Labute approximate surface area is 147 Å². The van der Waals surface area contributed by atoms with E-state index >= 15 is 0 Å². The minimum atomic E-state index is -0.398. The first-order valence-electron chi connectivity index (χ1n) is 8.28. The molecular weight excluding hydrogens is 330 g/mol. The van der Waals surface area contributed by atoms with Crippen molar-refractivity contribution in [3.63, 3.8) is 0 Å². The maximum atomic E-state index is 13.1. The Bertz CT molecular complexity index is 549. The van der Waals surface area contributed by atoms with E-state index in [1.807, 2.05) is 36.0 Å². The molecule has 3 rings (SSSR count). The van der Waals surface area contributed by atoms with Crippen LogP contribution in [0.15, 0.2) is 24.3 Å². The van der Waals surface area contributed by atoms with Crippen LogP contribution in [0.1, 0.15) is 37.7 Å². The number of hydrogen-bond donors (Lipinski definition) is 1. The second-order valence-corrected chi connectivity index (χ2v) is 8.21. The molecule has 2 fully saturated rings. The van der Waals surface area contributed by atoms with Gasteiger partial charge in [0.1, 0.15) is 0 Å². The normalized spacial score (nSPS) is 26.3. The van der Waals surface area contributed by atoms with Crippen molar-refractivity contribution in [2.75, 3.05) is 25.2 Å². The number of methoxy groups -OCH3 is 1. The molecule has 126 valence electrons. The lowest BCUT2D eigenvalue weighted by atomic mass is 9.78. The van der Waals surface area contributed by atoms with Crippen LogP contribution in [-0.4, -0.2) is 36.7 Å². The van der Waals surface area contributed by atoms with Crippen molar-refractivity contribution in [1.29, 1.82) is 0 Å². The molecule has 1 heterocycles. The van der Waals surface area contributed by atoms with E-state index in [1.165, 1.54) is 0 Å². The van der Waals surface area contributed by atoms with E-state index < -0.39 is 5.41 Å². The van der Waals surface area contributed by atoms with Crippen LogP contribution in [0.5, 0.6) is 0 Å². The summed E-state index contributed by atoms with van der Waals surface area (Å²) < 4.78 is 5.71. The second-order valence-electron chi connectivity index (χ2n) is 6.67. The van der Waals surface area contributed by atoms with Gasteiger partial charge >= 0.3 is 0 Å². The predicted octanol–water partition coefficient (Wildman–Crippen LogP) is 3.79. The number of thioether (sulfide) groups is 1. The first kappa shape index (κ1) is 17.1. The Kier molecular flexibility index (Phi) is 5.24. The molecule has 1 aromatic carbocycles. The number of benzene rings is 1. The fraction of sp³-hybridized carbons (Fsp3) is 0.611. The zero-order valence-electron chi connectivity index (χ0n) is 13.6. The third-order valence-electron chi connectivity index (χ3n) is 5.36. The highest BCUT2D eigenvalue weighted by molar-refractivity contribution is 7.99. The van der Waals surface area contributed by atoms with Gasteiger partial charge in [-0.05, 0) is 42.7 Å². The number of hydrogen-bond acceptors (Lipinski definition) is 3. The van der Waals surface area contributed by atoms with Crippen LogP contribution in [0, 0.1) is 0 Å². The third kappa shape index (κ3) is 3.40. The van der Waals surface area contributed by atoms with Crippen LogP contribution < -0.4 is 5.32 Å². The predicted molar refractivity (Wildman–Crippen MR) is 96.3 cm³/mol. The first-order valence-corrected chi connectivity index (χ1v) is 9.81. The van der Waals surface area contributed by atoms with Gasteiger partial charge in [0, 0.05) is 24.4 Å². The van der Waals surface area contributed by atoms with Crippen LogP contribution in [0.4, 0.5) is 0 Å². The highest BCUT2D eigenvalue weighted by Gasteiger charge is 2.44. The van der Waals surface area contributed by atoms with Crippen molar-refractivity contribution in [3.8, 4) is 0 Å². The summed E-state index contributed by atoms with van der Waals surface area (Å²) in [5, 5.41) is 3.91. The summed E-state index contributed by atoms with van der Waals surface area (Å²) in [4.78, 5) is 13.1. The van der Waals surface area contributed by atoms with Gasteiger partial charge in [-0.1, -0.05) is 36.6 Å². The van der Waals surface area contributed by atoms with Crippen molar-refractivity contribution in [1.82, 2.24) is 5.32 Å². The quantitative estimate of drug-likeness (QED) is 0.875. The summed E-state index contributed by atoms with van der Waals surface area (Å²) >= 11 is 7.90. The standard InChI is InChI=1S/C18H24ClNO2S/c1-22-17(10-11-23-13-17)12-20-16(21)18(8-2-3-9-18)14-4-6-15(19)7-5-14/h4-7H,2-3,8-13H2,1H3,(H,20,21). The molecule has 1 saturated carbocycles. The SMILES string of the molecule is COC1(CNC(=O)C2(c3ccc(Cl)cc3)CCCC2)CCSC1. The molecule has 5 heteroatoms. The lowest BCUT2D eigenvalue weighted by molar-refractivity contribution is -0.128. The highest BCUT2D eigenvalue weighted by atomic mass is 35.5. The molecule has 1 saturated heterocycles. The number of rotatable bonds is 5. The Morgan fingerprint density at radius 1 is 1.26 bits per heavy atom. The van der Waals surface area contributed by atoms with Gasteiger partial charge in [0.25, 0.3) is 0 Å². The van der Waals surface area contributed by atoms with Gasteiger partial charge in [0.15, 0.2) is 0 Å². The molecule has 1 atom stereocenters. The third-order valence-corrected chi connectivity index (χ3v) is 6.83. The summed E-state index contributed by atoms with van der Waals surface area (Å²) in [7, 11) is 1.75. The van der Waals surface area contributed by atoms with Crippen molar-refractivity contribution in [2.24, 2.45) is 0 Å². The molecule has 0 bridgehead atoms. The summed E-state index contributed by atoms with van der Waals surface area (Å²) in [6.07, 6.45) is 5.02. The highest BCUT2D eigenvalue weighted by Crippen LogP contribution is 2.42. The Morgan fingerprint density at radius 2 is 1.96 bits per heavy atom. The second kappa shape index (κ2) is 7.04. The average Bonchev–Trinajstić information content (AvgIpc) is 3.24. The molecule has 1 aliphatic heterocycles. The minimum absolute atomic E-state index is 0.144. The van der Waals surface area contributed by atoms with Crippen LogP contribution in [0.3, 0.4) is 0 Å². The molecule has 1 aromatic rings. The van der Waals surface area contributed by atoms with Gasteiger partial charge in [-0.3, -0.25) is 4.79 Å². The van der Waals surface area contributed by atoms with Crippen LogP contribution in [0.25, 0.3) is 0 Å². The molecule has 0 spiro atoms. The maximum absolute atomic E-state index is 13.1. The zero-order valence-corrected chi connectivity index (χ0v) is 15.1. The van der Waals surface area contributed by atoms with Crippen molar-refractivity contribution < 1.29 is 9.53 Å². The summed E-state index contributed by atoms with van der Waals surface area (Å²) in [5.74, 6) is 2.20. The van der Waals surface area contributed by atoms with Gasteiger partial charge in [0.05, 0.1) is 11.0 Å². The summed E-state index contributed by atoms with van der Waals surface area (Å²) in [5.41, 5.74) is 0.495. The molecular formula is C18H24ClNO2S. The molecule has 3 nitrogen and oxygen atoms in total. The number of amides is 1. The number of ether oxygens (including phenoxy) is 1. The summed E-state index contributed by atoms with van der Waals surface area (Å²) in [6, 6.07) is 7.78. The molecule has 1 unspecified atom stereocenters. The smallest absolute Gasteiger partial charge is 0.230 e. The molecule has 0 radical (unpaired) electrons. The molecule has 1 amide bonds. The van der Waals surface area contributed by atoms with E-state index in [4.69, 9.17) is 16.3 Å². The van der Waals surface area contributed by atoms with E-state index in [0.717, 1.165) is 49.2 Å².